The average molecular weight is 312 g/mol. The van der Waals surface area contributed by atoms with E-state index in [2.05, 4.69) is 81.5 Å². The van der Waals surface area contributed by atoms with E-state index in [1.54, 1.807) is 0 Å². The third-order valence-electron chi connectivity index (χ3n) is 5.42. The van der Waals surface area contributed by atoms with Crippen molar-refractivity contribution in [2.24, 2.45) is 0 Å². The first-order valence-corrected chi connectivity index (χ1v) is 8.95. The maximum atomic E-state index is 2.43. The second-order valence-corrected chi connectivity index (χ2v) is 7.05. The normalized spacial score (nSPS) is 19.0. The van der Waals surface area contributed by atoms with Crippen molar-refractivity contribution in [3.05, 3.63) is 99.7 Å². The van der Waals surface area contributed by atoms with Crippen LogP contribution < -0.4 is 0 Å². The first-order chi connectivity index (χ1) is 11.7. The van der Waals surface area contributed by atoms with Gasteiger partial charge in [-0.15, -0.1) is 0 Å². The summed E-state index contributed by atoms with van der Waals surface area (Å²) in [5.74, 6) is 0.463. The van der Waals surface area contributed by atoms with E-state index in [9.17, 15) is 0 Å². The highest BCUT2D eigenvalue weighted by Gasteiger charge is 2.27. The van der Waals surface area contributed by atoms with Crippen molar-refractivity contribution in [3.8, 4) is 0 Å². The minimum absolute atomic E-state index is 0.463. The molecule has 0 radical (unpaired) electrons. The molecule has 4 rings (SSSR count). The van der Waals surface area contributed by atoms with Crippen molar-refractivity contribution >= 4 is 5.57 Å². The number of hydrogen-bond donors (Lipinski definition) is 0. The van der Waals surface area contributed by atoms with Crippen molar-refractivity contribution in [2.45, 2.75) is 39.5 Å². The molecule has 0 bridgehead atoms. The predicted octanol–water partition coefficient (Wildman–Crippen LogP) is 6.36. The van der Waals surface area contributed by atoms with Crippen molar-refractivity contribution in [1.82, 2.24) is 0 Å². The van der Waals surface area contributed by atoms with Crippen LogP contribution in [0.5, 0.6) is 0 Å². The van der Waals surface area contributed by atoms with Crippen LogP contribution in [0.25, 0.3) is 5.57 Å². The summed E-state index contributed by atoms with van der Waals surface area (Å²) in [4.78, 5) is 0. The number of benzene rings is 2. The zero-order valence-corrected chi connectivity index (χ0v) is 14.8. The molecule has 2 aliphatic carbocycles. The molecule has 0 N–H and O–H groups in total. The van der Waals surface area contributed by atoms with Gasteiger partial charge in [0.25, 0.3) is 0 Å². The molecule has 1 unspecified atom stereocenters. The van der Waals surface area contributed by atoms with Gasteiger partial charge in [0.15, 0.2) is 0 Å². The van der Waals surface area contributed by atoms with E-state index in [0.29, 0.717) is 5.92 Å². The summed E-state index contributed by atoms with van der Waals surface area (Å²) in [5.41, 5.74) is 11.3. The van der Waals surface area contributed by atoms with E-state index in [1.165, 1.54) is 44.5 Å². The van der Waals surface area contributed by atoms with Crippen LogP contribution in [-0.4, -0.2) is 0 Å². The molecule has 0 fully saturated rings. The Bertz CT molecular complexity index is 873. The Balaban J connectivity index is 1.92. The molecule has 2 aliphatic rings. The fourth-order valence-corrected chi connectivity index (χ4v) is 4.00. The monoisotopic (exact) mass is 312 g/mol. The molecule has 2 aromatic rings. The van der Waals surface area contributed by atoms with Crippen LogP contribution in [0.1, 0.15) is 54.0 Å². The van der Waals surface area contributed by atoms with Crippen LogP contribution in [0.3, 0.4) is 0 Å². The number of fused-ring (bicyclic) bond motifs is 3. The number of rotatable bonds is 2. The summed E-state index contributed by atoms with van der Waals surface area (Å²) in [7, 11) is 0. The summed E-state index contributed by atoms with van der Waals surface area (Å²) in [5, 5.41) is 0. The minimum atomic E-state index is 0.463. The van der Waals surface area contributed by atoms with E-state index in [0.717, 1.165) is 12.8 Å². The Hall–Kier alpha value is -2.34. The first kappa shape index (κ1) is 15.2. The van der Waals surface area contributed by atoms with Crippen LogP contribution >= 0.6 is 0 Å². The van der Waals surface area contributed by atoms with Gasteiger partial charge < -0.3 is 0 Å². The largest absolute Gasteiger partial charge is 0.0719 e. The maximum absolute atomic E-state index is 2.43. The van der Waals surface area contributed by atoms with Gasteiger partial charge in [-0.05, 0) is 54.5 Å². The van der Waals surface area contributed by atoms with E-state index in [4.69, 9.17) is 0 Å². The van der Waals surface area contributed by atoms with Gasteiger partial charge >= 0.3 is 0 Å². The molecule has 120 valence electrons. The van der Waals surface area contributed by atoms with Crippen molar-refractivity contribution in [1.29, 1.82) is 0 Å². The summed E-state index contributed by atoms with van der Waals surface area (Å²) in [6.07, 6.45) is 9.17. The van der Waals surface area contributed by atoms with Gasteiger partial charge in [-0.3, -0.25) is 0 Å². The molecule has 0 aliphatic heterocycles. The summed E-state index contributed by atoms with van der Waals surface area (Å²) in [6.45, 7) is 6.65. The minimum Gasteiger partial charge on any atom is -0.0719 e. The van der Waals surface area contributed by atoms with E-state index in [1.807, 2.05) is 0 Å². The van der Waals surface area contributed by atoms with Crippen LogP contribution in [0, 0.1) is 6.92 Å². The lowest BCUT2D eigenvalue weighted by atomic mass is 9.84. The summed E-state index contributed by atoms with van der Waals surface area (Å²) < 4.78 is 0. The lowest BCUT2D eigenvalue weighted by molar-refractivity contribution is 0.913. The fourth-order valence-electron chi connectivity index (χ4n) is 4.00. The Morgan fingerprint density at radius 2 is 1.75 bits per heavy atom. The molecule has 0 heteroatoms. The van der Waals surface area contributed by atoms with Crippen molar-refractivity contribution in [2.75, 3.05) is 0 Å². The summed E-state index contributed by atoms with van der Waals surface area (Å²) >= 11 is 0. The molecule has 1 atom stereocenters. The molecule has 0 spiro atoms. The Kier molecular flexibility index (Phi) is 3.76. The zero-order valence-electron chi connectivity index (χ0n) is 14.8. The zero-order chi connectivity index (χ0) is 16.7. The molecule has 0 amide bonds. The molecular formula is C24H24. The summed E-state index contributed by atoms with van der Waals surface area (Å²) in [6, 6.07) is 16.0. The molecule has 0 nitrogen and oxygen atoms in total. The second-order valence-electron chi connectivity index (χ2n) is 7.05. The lowest BCUT2D eigenvalue weighted by Crippen LogP contribution is -2.03. The van der Waals surface area contributed by atoms with Crippen molar-refractivity contribution < 1.29 is 0 Å². The standard InChI is InChI=1S/C24H24/c1-4-18-8-13-22-23(15-18)21(19-9-5-16(2)6-10-19)14-12-20-11-7-17(3)24(20)22/h5-11,13-15,24H,4,12H2,1-3H3. The van der Waals surface area contributed by atoms with Crippen LogP contribution in [0.15, 0.2) is 71.8 Å². The smallest absolute Gasteiger partial charge is 0.0270 e. The molecule has 0 saturated heterocycles. The number of hydrogen-bond acceptors (Lipinski definition) is 0. The topological polar surface area (TPSA) is 0 Å². The molecule has 0 saturated carbocycles. The van der Waals surface area contributed by atoms with E-state index >= 15 is 0 Å². The highest BCUT2D eigenvalue weighted by atomic mass is 14.3. The molecule has 24 heavy (non-hydrogen) atoms. The quantitative estimate of drug-likeness (QED) is 0.605. The fraction of sp³-hybridized carbons (Fsp3) is 0.250. The van der Waals surface area contributed by atoms with Gasteiger partial charge in [-0.25, -0.2) is 0 Å². The highest BCUT2D eigenvalue weighted by Crippen LogP contribution is 2.45. The van der Waals surface area contributed by atoms with E-state index < -0.39 is 0 Å². The predicted molar refractivity (Wildman–Crippen MR) is 103 cm³/mol. The molecule has 0 heterocycles. The second kappa shape index (κ2) is 5.94. The van der Waals surface area contributed by atoms with E-state index in [-0.39, 0.29) is 0 Å². The number of aryl methyl sites for hydroxylation is 2. The third-order valence-corrected chi connectivity index (χ3v) is 5.42. The molecule has 0 aromatic heterocycles. The SMILES string of the molecule is CCc1ccc2c(c1)C(c1ccc(C)cc1)=CCC1=CC=C(C)C12. The van der Waals surface area contributed by atoms with Crippen LogP contribution in [0.4, 0.5) is 0 Å². The first-order valence-electron chi connectivity index (χ1n) is 8.95. The Morgan fingerprint density at radius 3 is 2.50 bits per heavy atom. The van der Waals surface area contributed by atoms with Gasteiger partial charge in [0.05, 0.1) is 0 Å². The van der Waals surface area contributed by atoms with Gasteiger partial charge in [0.1, 0.15) is 0 Å². The molecule has 2 aromatic carbocycles. The van der Waals surface area contributed by atoms with Gasteiger partial charge in [-0.2, -0.15) is 0 Å². The lowest BCUT2D eigenvalue weighted by Gasteiger charge is -2.20. The van der Waals surface area contributed by atoms with Crippen LogP contribution in [0.2, 0.25) is 0 Å². The van der Waals surface area contributed by atoms with Gasteiger partial charge in [0.2, 0.25) is 0 Å². The van der Waals surface area contributed by atoms with Crippen LogP contribution in [-0.2, 0) is 6.42 Å². The van der Waals surface area contributed by atoms with Gasteiger partial charge in [-0.1, -0.05) is 84.3 Å². The Labute approximate surface area is 145 Å². The van der Waals surface area contributed by atoms with Gasteiger partial charge in [0, 0.05) is 5.92 Å². The van der Waals surface area contributed by atoms with Crippen molar-refractivity contribution in [3.63, 3.8) is 0 Å². The highest BCUT2D eigenvalue weighted by molar-refractivity contribution is 5.84. The Morgan fingerprint density at radius 1 is 0.958 bits per heavy atom. The average Bonchev–Trinajstić information content (AvgIpc) is 2.88. The third kappa shape index (κ3) is 2.47. The maximum Gasteiger partial charge on any atom is 0.0270 e. The number of allylic oxidation sites excluding steroid dienone is 5. The molecular weight excluding hydrogens is 288 g/mol.